The van der Waals surface area contributed by atoms with Crippen LogP contribution >= 0.6 is 0 Å². The number of aryl methyl sites for hydroxylation is 1. The van der Waals surface area contributed by atoms with Crippen LogP contribution in [0.4, 0.5) is 4.39 Å². The Hall–Kier alpha value is -2.27. The number of benzene rings is 2. The second-order valence-electron chi connectivity index (χ2n) is 8.75. The molecule has 0 spiro atoms. The van der Waals surface area contributed by atoms with Gasteiger partial charge < -0.3 is 4.74 Å². The maximum absolute atomic E-state index is 13.9. The predicted octanol–water partition coefficient (Wildman–Crippen LogP) is 8.68. The Bertz CT molecular complexity index is 782. The molecule has 0 heterocycles. The molecule has 0 aliphatic heterocycles. The third-order valence-corrected chi connectivity index (χ3v) is 5.78. The molecule has 2 aromatic rings. The van der Waals surface area contributed by atoms with Gasteiger partial charge in [0, 0.05) is 11.1 Å². The van der Waals surface area contributed by atoms with Gasteiger partial charge in [0.05, 0.1) is 0 Å². The summed E-state index contributed by atoms with van der Waals surface area (Å²) < 4.78 is 19.5. The fourth-order valence-corrected chi connectivity index (χ4v) is 3.71. The minimum atomic E-state index is -0.893. The lowest BCUT2D eigenvalue weighted by atomic mass is 10.0. The molecule has 0 aliphatic rings. The third-order valence-electron chi connectivity index (χ3n) is 5.78. The van der Waals surface area contributed by atoms with Gasteiger partial charge in [-0.15, -0.1) is 0 Å². The number of ether oxygens (including phenoxy) is 1. The third kappa shape index (κ3) is 11.4. The lowest BCUT2D eigenvalue weighted by molar-refractivity contribution is 0.184. The second-order valence-corrected chi connectivity index (χ2v) is 8.75. The van der Waals surface area contributed by atoms with E-state index in [-0.39, 0.29) is 6.61 Å². The van der Waals surface area contributed by atoms with E-state index >= 15 is 0 Å². The summed E-state index contributed by atoms with van der Waals surface area (Å²) in [5.41, 5.74) is 3.36. The minimum absolute atomic E-state index is 0.127. The molecule has 0 fully saturated rings. The first kappa shape index (κ1) is 26.0. The number of hydrogen-bond acceptors (Lipinski definition) is 1. The van der Waals surface area contributed by atoms with Crippen molar-refractivity contribution in [1.29, 1.82) is 0 Å². The molecular weight excluding hydrogens is 395 g/mol. The molecule has 32 heavy (non-hydrogen) atoms. The van der Waals surface area contributed by atoms with Gasteiger partial charge in [-0.3, -0.25) is 0 Å². The molecule has 0 saturated heterocycles. The van der Waals surface area contributed by atoms with Crippen molar-refractivity contribution in [3.8, 4) is 17.6 Å². The SMILES string of the molecule is CCCCCCCCc1ccc(C#Cc2ccc(OCC(F)CCCCCC)cc2)cc1. The van der Waals surface area contributed by atoms with Crippen LogP contribution in [0.25, 0.3) is 0 Å². The van der Waals surface area contributed by atoms with Crippen LogP contribution in [0.5, 0.6) is 5.75 Å². The van der Waals surface area contributed by atoms with Gasteiger partial charge in [-0.05, 0) is 61.2 Å². The highest BCUT2D eigenvalue weighted by atomic mass is 19.1. The first-order chi connectivity index (χ1) is 15.7. The van der Waals surface area contributed by atoms with Crippen LogP contribution in [0.2, 0.25) is 0 Å². The molecule has 1 unspecified atom stereocenters. The standard InChI is InChI=1S/C30H41FO/c1-3-5-7-9-10-11-13-26-15-17-27(18-16-26)19-20-28-21-23-30(24-22-28)32-25-29(31)14-12-8-6-4-2/h15-18,21-24,29H,3-14,25H2,1-2H3. The Morgan fingerprint density at radius 2 is 1.22 bits per heavy atom. The zero-order valence-electron chi connectivity index (χ0n) is 20.2. The first-order valence-electron chi connectivity index (χ1n) is 12.7. The Labute approximate surface area is 195 Å². The topological polar surface area (TPSA) is 9.23 Å². The Kier molecular flexibility index (Phi) is 13.3. The van der Waals surface area contributed by atoms with Crippen LogP contribution in [-0.4, -0.2) is 12.8 Å². The lowest BCUT2D eigenvalue weighted by Crippen LogP contribution is -2.12. The van der Waals surface area contributed by atoms with Crippen LogP contribution in [-0.2, 0) is 6.42 Å². The molecule has 0 amide bonds. The van der Waals surface area contributed by atoms with Gasteiger partial charge in [0.2, 0.25) is 0 Å². The maximum Gasteiger partial charge on any atom is 0.134 e. The summed E-state index contributed by atoms with van der Waals surface area (Å²) in [5, 5.41) is 0. The monoisotopic (exact) mass is 436 g/mol. The number of rotatable bonds is 15. The van der Waals surface area contributed by atoms with Crippen LogP contribution in [0.3, 0.4) is 0 Å². The maximum atomic E-state index is 13.9. The van der Waals surface area contributed by atoms with Gasteiger partial charge >= 0.3 is 0 Å². The zero-order valence-corrected chi connectivity index (χ0v) is 20.2. The number of alkyl halides is 1. The van der Waals surface area contributed by atoms with Gasteiger partial charge in [-0.25, -0.2) is 4.39 Å². The van der Waals surface area contributed by atoms with E-state index < -0.39 is 6.17 Å². The van der Waals surface area contributed by atoms with E-state index in [1.165, 1.54) is 56.9 Å². The summed E-state index contributed by atoms with van der Waals surface area (Å²) in [4.78, 5) is 0. The summed E-state index contributed by atoms with van der Waals surface area (Å²) in [6.07, 6.45) is 13.2. The fourth-order valence-electron chi connectivity index (χ4n) is 3.71. The average Bonchev–Trinajstić information content (AvgIpc) is 2.83. The van der Waals surface area contributed by atoms with Crippen LogP contribution < -0.4 is 4.74 Å². The summed E-state index contributed by atoms with van der Waals surface area (Å²) in [6.45, 7) is 4.55. The number of hydrogen-bond donors (Lipinski definition) is 0. The van der Waals surface area contributed by atoms with Gasteiger partial charge in [-0.1, -0.05) is 95.6 Å². The first-order valence-corrected chi connectivity index (χ1v) is 12.7. The van der Waals surface area contributed by atoms with Crippen molar-refractivity contribution in [3.05, 3.63) is 65.2 Å². The molecule has 0 aliphatic carbocycles. The van der Waals surface area contributed by atoms with Crippen molar-refractivity contribution in [2.75, 3.05) is 6.61 Å². The van der Waals surface area contributed by atoms with Crippen LogP contribution in [0, 0.1) is 11.8 Å². The van der Waals surface area contributed by atoms with Crippen LogP contribution in [0.15, 0.2) is 48.5 Å². The summed E-state index contributed by atoms with van der Waals surface area (Å²) in [6, 6.07) is 16.2. The Balaban J connectivity index is 1.71. The molecule has 0 bridgehead atoms. The molecular formula is C30H41FO. The van der Waals surface area contributed by atoms with Crippen molar-refractivity contribution in [3.63, 3.8) is 0 Å². The van der Waals surface area contributed by atoms with E-state index in [1.807, 2.05) is 24.3 Å². The van der Waals surface area contributed by atoms with Crippen molar-refractivity contribution in [1.82, 2.24) is 0 Å². The van der Waals surface area contributed by atoms with Gasteiger partial charge in [-0.2, -0.15) is 0 Å². The molecule has 0 aromatic heterocycles. The summed E-state index contributed by atoms with van der Waals surface area (Å²) >= 11 is 0. The quantitative estimate of drug-likeness (QED) is 0.200. The van der Waals surface area contributed by atoms with E-state index in [1.54, 1.807) is 0 Å². The molecule has 1 nitrogen and oxygen atoms in total. The highest BCUT2D eigenvalue weighted by Gasteiger charge is 2.07. The number of unbranched alkanes of at least 4 members (excludes halogenated alkanes) is 8. The molecule has 2 heteroatoms. The highest BCUT2D eigenvalue weighted by molar-refractivity contribution is 5.44. The van der Waals surface area contributed by atoms with E-state index in [4.69, 9.17) is 4.74 Å². The van der Waals surface area contributed by atoms with Crippen molar-refractivity contribution >= 4 is 0 Å². The average molecular weight is 437 g/mol. The Morgan fingerprint density at radius 3 is 1.84 bits per heavy atom. The van der Waals surface area contributed by atoms with Crippen molar-refractivity contribution in [2.24, 2.45) is 0 Å². The van der Waals surface area contributed by atoms with Gasteiger partial charge in [0.1, 0.15) is 18.5 Å². The molecule has 0 N–H and O–H groups in total. The fraction of sp³-hybridized carbons (Fsp3) is 0.533. The molecule has 2 rings (SSSR count). The van der Waals surface area contributed by atoms with E-state index in [0.717, 1.165) is 30.4 Å². The minimum Gasteiger partial charge on any atom is -0.491 e. The zero-order chi connectivity index (χ0) is 22.9. The van der Waals surface area contributed by atoms with Crippen molar-refractivity contribution in [2.45, 2.75) is 97.1 Å². The smallest absolute Gasteiger partial charge is 0.134 e. The lowest BCUT2D eigenvalue weighted by Gasteiger charge is -2.10. The number of halogens is 1. The molecule has 0 radical (unpaired) electrons. The Morgan fingerprint density at radius 1 is 0.688 bits per heavy atom. The highest BCUT2D eigenvalue weighted by Crippen LogP contribution is 2.15. The van der Waals surface area contributed by atoms with Crippen molar-refractivity contribution < 1.29 is 9.13 Å². The largest absolute Gasteiger partial charge is 0.491 e. The predicted molar refractivity (Wildman–Crippen MR) is 135 cm³/mol. The normalized spacial score (nSPS) is 11.6. The molecule has 1 atom stereocenters. The van der Waals surface area contributed by atoms with Crippen LogP contribution in [0.1, 0.15) is 101 Å². The van der Waals surface area contributed by atoms with E-state index in [0.29, 0.717) is 12.2 Å². The van der Waals surface area contributed by atoms with E-state index in [2.05, 4.69) is 50.0 Å². The molecule has 174 valence electrons. The van der Waals surface area contributed by atoms with Gasteiger partial charge in [0.15, 0.2) is 0 Å². The summed E-state index contributed by atoms with van der Waals surface area (Å²) in [5.74, 6) is 7.14. The van der Waals surface area contributed by atoms with Gasteiger partial charge in [0.25, 0.3) is 0 Å². The molecule has 2 aromatic carbocycles. The second kappa shape index (κ2) is 16.4. The van der Waals surface area contributed by atoms with E-state index in [9.17, 15) is 4.39 Å². The molecule has 0 saturated carbocycles. The summed E-state index contributed by atoms with van der Waals surface area (Å²) in [7, 11) is 0.